The van der Waals surface area contributed by atoms with E-state index in [9.17, 15) is 8.42 Å². The van der Waals surface area contributed by atoms with Crippen LogP contribution in [0.3, 0.4) is 0 Å². The third kappa shape index (κ3) is 5.21. The molecule has 1 saturated heterocycles. The molecule has 2 heterocycles. The third-order valence-corrected chi connectivity index (χ3v) is 8.08. The zero-order chi connectivity index (χ0) is 21.9. The van der Waals surface area contributed by atoms with Gasteiger partial charge in [0.1, 0.15) is 11.6 Å². The lowest BCUT2D eigenvalue weighted by molar-refractivity contribution is 0.241. The summed E-state index contributed by atoms with van der Waals surface area (Å²) in [4.78, 5) is 5.02. The van der Waals surface area contributed by atoms with E-state index in [1.54, 1.807) is 35.7 Å². The Balaban J connectivity index is 0.00000289. The van der Waals surface area contributed by atoms with Gasteiger partial charge in [0, 0.05) is 31.2 Å². The SMILES string of the molecule is COc1cccc(CNC2=NCCNC23CCN(S(=O)(=O)c2ccc(Cl)cc2)CC3)c1.Cl. The lowest BCUT2D eigenvalue weighted by Gasteiger charge is -2.44. The number of sulfonamides is 1. The number of hydrogen-bond acceptors (Lipinski definition) is 6. The second kappa shape index (κ2) is 10.4. The summed E-state index contributed by atoms with van der Waals surface area (Å²) in [6.45, 7) is 2.98. The van der Waals surface area contributed by atoms with Gasteiger partial charge in [0.25, 0.3) is 0 Å². The van der Waals surface area contributed by atoms with Gasteiger partial charge >= 0.3 is 0 Å². The molecule has 0 bridgehead atoms. The molecule has 0 amide bonds. The highest BCUT2D eigenvalue weighted by Crippen LogP contribution is 2.29. The second-order valence-electron chi connectivity index (χ2n) is 7.80. The van der Waals surface area contributed by atoms with Gasteiger partial charge in [-0.25, -0.2) is 8.42 Å². The quantitative estimate of drug-likeness (QED) is 0.661. The van der Waals surface area contributed by atoms with Crippen LogP contribution < -0.4 is 15.4 Å². The Labute approximate surface area is 200 Å². The number of amidine groups is 1. The van der Waals surface area contributed by atoms with E-state index < -0.39 is 10.0 Å². The molecule has 0 atom stereocenters. The van der Waals surface area contributed by atoms with Crippen molar-refractivity contribution in [2.75, 3.05) is 33.3 Å². The maximum atomic E-state index is 13.0. The van der Waals surface area contributed by atoms with Crippen LogP contribution in [0.5, 0.6) is 5.75 Å². The highest BCUT2D eigenvalue weighted by Gasteiger charge is 2.43. The maximum Gasteiger partial charge on any atom is 0.243 e. The van der Waals surface area contributed by atoms with Gasteiger partial charge in [-0.1, -0.05) is 23.7 Å². The van der Waals surface area contributed by atoms with E-state index >= 15 is 0 Å². The molecule has 10 heteroatoms. The number of methoxy groups -OCH3 is 1. The summed E-state index contributed by atoms with van der Waals surface area (Å²) in [5.41, 5.74) is 0.772. The number of ether oxygens (including phenoxy) is 1. The van der Waals surface area contributed by atoms with Crippen molar-refractivity contribution in [1.29, 1.82) is 0 Å². The van der Waals surface area contributed by atoms with E-state index in [1.807, 2.05) is 24.3 Å². The minimum absolute atomic E-state index is 0. The summed E-state index contributed by atoms with van der Waals surface area (Å²) in [5, 5.41) is 7.62. The van der Waals surface area contributed by atoms with Crippen LogP contribution in [0.25, 0.3) is 0 Å². The summed E-state index contributed by atoms with van der Waals surface area (Å²) in [7, 11) is -1.89. The number of piperidine rings is 1. The molecular formula is C22H28Cl2N4O3S. The maximum absolute atomic E-state index is 13.0. The molecule has 32 heavy (non-hydrogen) atoms. The van der Waals surface area contributed by atoms with Gasteiger partial charge in [0.15, 0.2) is 0 Å². The predicted molar refractivity (Wildman–Crippen MR) is 130 cm³/mol. The summed E-state index contributed by atoms with van der Waals surface area (Å²) >= 11 is 5.91. The normalized spacial score (nSPS) is 18.5. The molecule has 7 nitrogen and oxygen atoms in total. The van der Waals surface area contributed by atoms with Gasteiger partial charge in [0.05, 0.1) is 24.1 Å². The first-order valence-corrected chi connectivity index (χ1v) is 12.2. The van der Waals surface area contributed by atoms with Crippen molar-refractivity contribution >= 4 is 39.9 Å². The summed E-state index contributed by atoms with van der Waals surface area (Å²) in [6, 6.07) is 14.3. The minimum atomic E-state index is -3.54. The molecule has 0 saturated carbocycles. The summed E-state index contributed by atoms with van der Waals surface area (Å²) in [5.74, 6) is 1.73. The molecule has 0 radical (unpaired) electrons. The minimum Gasteiger partial charge on any atom is -0.497 e. The van der Waals surface area contributed by atoms with Crippen LogP contribution in [0.4, 0.5) is 0 Å². The first-order valence-electron chi connectivity index (χ1n) is 10.4. The molecular weight excluding hydrogens is 471 g/mol. The molecule has 1 spiro atoms. The Morgan fingerprint density at radius 1 is 1.19 bits per heavy atom. The van der Waals surface area contributed by atoms with Crippen LogP contribution >= 0.6 is 24.0 Å². The molecule has 1 fully saturated rings. The zero-order valence-corrected chi connectivity index (χ0v) is 20.3. The van der Waals surface area contributed by atoms with Crippen molar-refractivity contribution in [2.24, 2.45) is 4.99 Å². The zero-order valence-electron chi connectivity index (χ0n) is 17.9. The number of rotatable bonds is 5. The van der Waals surface area contributed by atoms with Crippen LogP contribution in [-0.4, -0.2) is 57.4 Å². The van der Waals surface area contributed by atoms with E-state index in [2.05, 4.69) is 10.6 Å². The van der Waals surface area contributed by atoms with Gasteiger partial charge in [-0.3, -0.25) is 4.99 Å². The van der Waals surface area contributed by atoms with Crippen molar-refractivity contribution in [3.8, 4) is 5.75 Å². The van der Waals surface area contributed by atoms with Crippen LogP contribution in [0, 0.1) is 0 Å². The Morgan fingerprint density at radius 2 is 1.91 bits per heavy atom. The second-order valence-corrected chi connectivity index (χ2v) is 10.2. The van der Waals surface area contributed by atoms with Gasteiger partial charge in [0.2, 0.25) is 10.0 Å². The standard InChI is InChI=1S/C22H27ClN4O3S.ClH/c1-30-19-4-2-3-17(15-19)16-25-21-22(26-12-11-24-21)9-13-27(14-10-22)31(28,29)20-7-5-18(23)6-8-20;/h2-8,15,26H,9-14,16H2,1H3,(H,24,25);1H. The van der Waals surface area contributed by atoms with E-state index in [-0.39, 0.29) is 22.8 Å². The number of nitrogens with one attached hydrogen (secondary N) is 2. The van der Waals surface area contributed by atoms with Crippen molar-refractivity contribution < 1.29 is 13.2 Å². The largest absolute Gasteiger partial charge is 0.497 e. The molecule has 2 aliphatic heterocycles. The van der Waals surface area contributed by atoms with Gasteiger partial charge < -0.3 is 15.4 Å². The number of halogens is 2. The van der Waals surface area contributed by atoms with Crippen molar-refractivity contribution in [2.45, 2.75) is 29.8 Å². The van der Waals surface area contributed by atoms with Crippen LogP contribution in [0.1, 0.15) is 18.4 Å². The molecule has 0 aromatic heterocycles. The van der Waals surface area contributed by atoms with Crippen LogP contribution in [0.2, 0.25) is 5.02 Å². The smallest absolute Gasteiger partial charge is 0.243 e. The molecule has 4 rings (SSSR count). The van der Waals surface area contributed by atoms with E-state index in [1.165, 1.54) is 0 Å². The monoisotopic (exact) mass is 498 g/mol. The Bertz CT molecular complexity index is 1050. The topological polar surface area (TPSA) is 83.0 Å². The number of nitrogens with zero attached hydrogens (tertiary/aromatic N) is 2. The number of benzene rings is 2. The Hall–Kier alpha value is -1.84. The molecule has 2 aliphatic rings. The molecule has 2 N–H and O–H groups in total. The average Bonchev–Trinajstić information content (AvgIpc) is 2.79. The lowest BCUT2D eigenvalue weighted by Crippen LogP contribution is -2.64. The molecule has 0 aliphatic carbocycles. The summed E-state index contributed by atoms with van der Waals surface area (Å²) < 4.78 is 32.9. The molecule has 2 aromatic rings. The first-order chi connectivity index (χ1) is 14.9. The third-order valence-electron chi connectivity index (χ3n) is 5.92. The predicted octanol–water partition coefficient (Wildman–Crippen LogP) is 3.09. The van der Waals surface area contributed by atoms with Gasteiger partial charge in [-0.15, -0.1) is 12.4 Å². The highest BCUT2D eigenvalue weighted by atomic mass is 35.5. The molecule has 174 valence electrons. The average molecular weight is 499 g/mol. The van der Waals surface area contributed by atoms with Gasteiger partial charge in [-0.2, -0.15) is 4.31 Å². The summed E-state index contributed by atoms with van der Waals surface area (Å²) in [6.07, 6.45) is 1.31. The number of aliphatic imine (C=N–C) groups is 1. The first kappa shape index (κ1) is 24.8. The van der Waals surface area contributed by atoms with Crippen molar-refractivity contribution in [3.05, 3.63) is 59.1 Å². The van der Waals surface area contributed by atoms with E-state index in [0.29, 0.717) is 44.0 Å². The lowest BCUT2D eigenvalue weighted by atomic mass is 9.85. The fourth-order valence-corrected chi connectivity index (χ4v) is 5.74. The molecule has 0 unspecified atom stereocenters. The van der Waals surface area contributed by atoms with Gasteiger partial charge in [-0.05, 0) is 54.8 Å². The van der Waals surface area contributed by atoms with E-state index in [4.69, 9.17) is 21.3 Å². The number of hydrogen-bond donors (Lipinski definition) is 2. The van der Waals surface area contributed by atoms with Crippen LogP contribution in [-0.2, 0) is 16.6 Å². The Kier molecular flexibility index (Phi) is 8.06. The van der Waals surface area contributed by atoms with Crippen molar-refractivity contribution in [1.82, 2.24) is 14.9 Å². The van der Waals surface area contributed by atoms with Crippen molar-refractivity contribution in [3.63, 3.8) is 0 Å². The fraction of sp³-hybridized carbons (Fsp3) is 0.409. The Morgan fingerprint density at radius 3 is 2.59 bits per heavy atom. The fourth-order valence-electron chi connectivity index (χ4n) is 4.17. The van der Waals surface area contributed by atoms with Crippen LogP contribution in [0.15, 0.2) is 58.4 Å². The highest BCUT2D eigenvalue weighted by molar-refractivity contribution is 7.89. The molecule has 2 aromatic carbocycles. The van der Waals surface area contributed by atoms with E-state index in [0.717, 1.165) is 23.7 Å².